The van der Waals surface area contributed by atoms with Crippen LogP contribution in [0.5, 0.6) is 5.75 Å². The molecular formula is C17H25F2NO4. The molecule has 1 fully saturated rings. The van der Waals surface area contributed by atoms with Crippen LogP contribution in [0.4, 0.5) is 8.78 Å². The van der Waals surface area contributed by atoms with Crippen LogP contribution >= 0.6 is 0 Å². The number of aliphatic hydroxyl groups is 3. The van der Waals surface area contributed by atoms with E-state index in [1.807, 2.05) is 6.92 Å². The molecule has 1 aliphatic rings. The average Bonchev–Trinajstić information content (AvgIpc) is 2.52. The molecule has 0 amide bonds. The minimum absolute atomic E-state index is 0.0482. The number of hydrogen-bond donors (Lipinski definition) is 3. The first-order valence-corrected chi connectivity index (χ1v) is 8.29. The summed E-state index contributed by atoms with van der Waals surface area (Å²) in [6.07, 6.45) is -1.48. The SMILES string of the molecule is CCCCOc1cc(F)c(CCN2C[C@@H](O)[C@H](O)[C@@H](O)C2)c(F)c1. The van der Waals surface area contributed by atoms with Gasteiger partial charge in [0.05, 0.1) is 18.8 Å². The number of rotatable bonds is 7. The first-order chi connectivity index (χ1) is 11.4. The number of unbranched alkanes of at least 4 members (excludes halogenated alkanes) is 1. The van der Waals surface area contributed by atoms with E-state index >= 15 is 0 Å². The highest BCUT2D eigenvalue weighted by Gasteiger charge is 2.33. The minimum Gasteiger partial charge on any atom is -0.493 e. The number of piperidine rings is 1. The molecule has 0 radical (unpaired) electrons. The summed E-state index contributed by atoms with van der Waals surface area (Å²) >= 11 is 0. The van der Waals surface area contributed by atoms with Crippen LogP contribution in [0, 0.1) is 11.6 Å². The second-order valence-corrected chi connectivity index (χ2v) is 6.20. The minimum atomic E-state index is -1.19. The number of nitrogens with zero attached hydrogens (tertiary/aromatic N) is 1. The number of ether oxygens (including phenoxy) is 1. The van der Waals surface area contributed by atoms with Crippen molar-refractivity contribution in [3.05, 3.63) is 29.3 Å². The van der Waals surface area contributed by atoms with E-state index in [9.17, 15) is 24.1 Å². The molecule has 2 rings (SSSR count). The molecule has 3 atom stereocenters. The molecule has 1 aromatic rings. The molecular weight excluding hydrogens is 320 g/mol. The van der Waals surface area contributed by atoms with Crippen molar-refractivity contribution in [3.8, 4) is 5.75 Å². The summed E-state index contributed by atoms with van der Waals surface area (Å²) < 4.78 is 33.5. The molecule has 0 saturated carbocycles. The van der Waals surface area contributed by atoms with Crippen LogP contribution in [0.1, 0.15) is 25.3 Å². The number of β-amino-alcohol motifs (C(OH)–C–C–N with tert-alkyl or cyclic N) is 2. The molecule has 0 aliphatic carbocycles. The Morgan fingerprint density at radius 3 is 2.25 bits per heavy atom. The zero-order valence-electron chi connectivity index (χ0n) is 13.8. The molecule has 3 N–H and O–H groups in total. The Hall–Kier alpha value is -1.28. The van der Waals surface area contributed by atoms with Crippen LogP contribution in [0.3, 0.4) is 0 Å². The lowest BCUT2D eigenvalue weighted by atomic mass is 10.0. The van der Waals surface area contributed by atoms with Gasteiger partial charge in [-0.3, -0.25) is 4.90 Å². The Bertz CT molecular complexity index is 508. The van der Waals surface area contributed by atoms with E-state index in [-0.39, 0.29) is 37.4 Å². The molecule has 0 aromatic heterocycles. The highest BCUT2D eigenvalue weighted by atomic mass is 19.1. The third kappa shape index (κ3) is 4.86. The fourth-order valence-corrected chi connectivity index (χ4v) is 2.76. The number of benzene rings is 1. The lowest BCUT2D eigenvalue weighted by Gasteiger charge is -2.36. The first-order valence-electron chi connectivity index (χ1n) is 8.29. The van der Waals surface area contributed by atoms with Gasteiger partial charge in [0.2, 0.25) is 0 Å². The lowest BCUT2D eigenvalue weighted by Crippen LogP contribution is -2.55. The van der Waals surface area contributed by atoms with E-state index in [1.165, 1.54) is 12.1 Å². The van der Waals surface area contributed by atoms with Crippen LogP contribution in [0.15, 0.2) is 12.1 Å². The van der Waals surface area contributed by atoms with Crippen molar-refractivity contribution in [2.24, 2.45) is 0 Å². The fraction of sp³-hybridized carbons (Fsp3) is 0.647. The Balaban J connectivity index is 1.95. The summed E-state index contributed by atoms with van der Waals surface area (Å²) in [5.74, 6) is -1.16. The molecule has 1 heterocycles. The maximum Gasteiger partial charge on any atom is 0.133 e. The molecule has 24 heavy (non-hydrogen) atoms. The number of aliphatic hydroxyl groups excluding tert-OH is 3. The Morgan fingerprint density at radius 2 is 1.71 bits per heavy atom. The van der Waals surface area contributed by atoms with Crippen molar-refractivity contribution in [1.29, 1.82) is 0 Å². The Labute approximate surface area is 140 Å². The van der Waals surface area contributed by atoms with E-state index < -0.39 is 29.9 Å². The fourth-order valence-electron chi connectivity index (χ4n) is 2.76. The van der Waals surface area contributed by atoms with Crippen molar-refractivity contribution < 1.29 is 28.8 Å². The molecule has 136 valence electrons. The number of hydrogen-bond acceptors (Lipinski definition) is 5. The zero-order valence-corrected chi connectivity index (χ0v) is 13.8. The average molecular weight is 345 g/mol. The summed E-state index contributed by atoms with van der Waals surface area (Å²) in [4.78, 5) is 1.67. The quantitative estimate of drug-likeness (QED) is 0.645. The molecule has 1 saturated heterocycles. The predicted octanol–water partition coefficient (Wildman–Crippen LogP) is 1.08. The monoisotopic (exact) mass is 345 g/mol. The molecule has 5 nitrogen and oxygen atoms in total. The maximum absolute atomic E-state index is 14.1. The molecule has 1 aromatic carbocycles. The summed E-state index contributed by atoms with van der Waals surface area (Å²) in [5, 5.41) is 28.8. The second-order valence-electron chi connectivity index (χ2n) is 6.20. The molecule has 0 unspecified atom stereocenters. The predicted molar refractivity (Wildman–Crippen MR) is 84.9 cm³/mol. The van der Waals surface area contributed by atoms with Crippen LogP contribution in [-0.4, -0.2) is 64.8 Å². The number of halogens is 2. The molecule has 0 bridgehead atoms. The van der Waals surface area contributed by atoms with Crippen molar-refractivity contribution in [1.82, 2.24) is 4.90 Å². The van der Waals surface area contributed by atoms with Gasteiger partial charge in [-0.1, -0.05) is 13.3 Å². The largest absolute Gasteiger partial charge is 0.493 e. The Morgan fingerprint density at radius 1 is 1.12 bits per heavy atom. The summed E-state index contributed by atoms with van der Waals surface area (Å²) in [5.41, 5.74) is -0.0482. The van der Waals surface area contributed by atoms with Crippen molar-refractivity contribution in [3.63, 3.8) is 0 Å². The normalized spacial score (nSPS) is 25.0. The number of likely N-dealkylation sites (tertiary alicyclic amines) is 1. The van der Waals surface area contributed by atoms with Gasteiger partial charge in [0.15, 0.2) is 0 Å². The third-order valence-corrected chi connectivity index (χ3v) is 4.24. The van der Waals surface area contributed by atoms with Gasteiger partial charge in [-0.15, -0.1) is 0 Å². The van der Waals surface area contributed by atoms with Gasteiger partial charge in [-0.05, 0) is 12.8 Å². The maximum atomic E-state index is 14.1. The first kappa shape index (κ1) is 19.1. The van der Waals surface area contributed by atoms with Gasteiger partial charge >= 0.3 is 0 Å². The van der Waals surface area contributed by atoms with Gasteiger partial charge in [0, 0.05) is 37.3 Å². The Kier molecular flexibility index (Phi) is 6.91. The van der Waals surface area contributed by atoms with Crippen LogP contribution in [0.2, 0.25) is 0 Å². The van der Waals surface area contributed by atoms with E-state index in [0.29, 0.717) is 6.61 Å². The van der Waals surface area contributed by atoms with Crippen LogP contribution < -0.4 is 4.74 Å². The van der Waals surface area contributed by atoms with Crippen molar-refractivity contribution in [2.75, 3.05) is 26.2 Å². The smallest absolute Gasteiger partial charge is 0.133 e. The van der Waals surface area contributed by atoms with Gasteiger partial charge in [-0.2, -0.15) is 0 Å². The summed E-state index contributed by atoms with van der Waals surface area (Å²) in [6.45, 7) is 2.99. The highest BCUT2D eigenvalue weighted by molar-refractivity contribution is 5.30. The van der Waals surface area contributed by atoms with Crippen LogP contribution in [0.25, 0.3) is 0 Å². The van der Waals surface area contributed by atoms with E-state index in [4.69, 9.17) is 4.74 Å². The van der Waals surface area contributed by atoms with E-state index in [1.54, 1.807) is 4.90 Å². The summed E-state index contributed by atoms with van der Waals surface area (Å²) in [7, 11) is 0. The van der Waals surface area contributed by atoms with Crippen LogP contribution in [-0.2, 0) is 6.42 Å². The molecule has 0 spiro atoms. The van der Waals surface area contributed by atoms with Gasteiger partial charge < -0.3 is 20.1 Å². The highest BCUT2D eigenvalue weighted by Crippen LogP contribution is 2.22. The second kappa shape index (κ2) is 8.71. The van der Waals surface area contributed by atoms with Gasteiger partial charge in [-0.25, -0.2) is 8.78 Å². The van der Waals surface area contributed by atoms with Crippen molar-refractivity contribution >= 4 is 0 Å². The standard InChI is InChI=1S/C17H25F2NO4/c1-2-3-6-24-11-7-13(18)12(14(19)8-11)4-5-20-9-15(21)17(23)16(22)10-20/h7-8,15-17,21-23H,2-6,9-10H2,1H3/t15-,16+,17+. The third-order valence-electron chi connectivity index (χ3n) is 4.24. The lowest BCUT2D eigenvalue weighted by molar-refractivity contribution is -0.109. The molecule has 1 aliphatic heterocycles. The van der Waals surface area contributed by atoms with E-state index in [2.05, 4.69) is 0 Å². The van der Waals surface area contributed by atoms with Gasteiger partial charge in [0.1, 0.15) is 23.5 Å². The molecule has 7 heteroatoms. The topological polar surface area (TPSA) is 73.2 Å². The zero-order chi connectivity index (χ0) is 17.7. The van der Waals surface area contributed by atoms with Crippen molar-refractivity contribution in [2.45, 2.75) is 44.5 Å². The summed E-state index contributed by atoms with van der Waals surface area (Å²) in [6, 6.07) is 2.36. The van der Waals surface area contributed by atoms with E-state index in [0.717, 1.165) is 12.8 Å². The van der Waals surface area contributed by atoms with Gasteiger partial charge in [0.25, 0.3) is 0 Å².